The Bertz CT molecular complexity index is 666. The summed E-state index contributed by atoms with van der Waals surface area (Å²) < 4.78 is 33.4. The van der Waals surface area contributed by atoms with Crippen LogP contribution in [0.1, 0.15) is 29.8 Å². The molecule has 1 amide bonds. The number of nitrogens with one attached hydrogen (secondary N) is 2. The number of sulfonamides is 1. The predicted octanol–water partition coefficient (Wildman–Crippen LogP) is 0.166. The maximum absolute atomic E-state index is 12.7. The summed E-state index contributed by atoms with van der Waals surface area (Å²) in [6, 6.07) is 1.46. The van der Waals surface area contributed by atoms with Gasteiger partial charge < -0.3 is 19.9 Å². The summed E-state index contributed by atoms with van der Waals surface area (Å²) in [6.45, 7) is 3.51. The highest BCUT2D eigenvalue weighted by molar-refractivity contribution is 7.89. The van der Waals surface area contributed by atoms with Gasteiger partial charge in [0.05, 0.1) is 6.61 Å². The SMILES string of the molecule is COCCNCCNC(=O)c1cc(S(=O)(=O)N2CCCCC2)cn1C. The number of nitrogens with zero attached hydrogens (tertiary/aromatic N) is 2. The molecule has 0 saturated carbocycles. The second kappa shape index (κ2) is 9.33. The molecule has 0 atom stereocenters. The number of piperidine rings is 1. The Labute approximate surface area is 149 Å². The second-order valence-electron chi connectivity index (χ2n) is 6.14. The van der Waals surface area contributed by atoms with Crippen molar-refractivity contribution in [1.82, 2.24) is 19.5 Å². The van der Waals surface area contributed by atoms with Gasteiger partial charge in [-0.2, -0.15) is 4.31 Å². The van der Waals surface area contributed by atoms with Crippen LogP contribution in [0.2, 0.25) is 0 Å². The Kier molecular flexibility index (Phi) is 7.42. The molecule has 25 heavy (non-hydrogen) atoms. The first kappa shape index (κ1) is 19.9. The summed E-state index contributed by atoms with van der Waals surface area (Å²) in [5, 5.41) is 5.92. The number of rotatable bonds is 9. The van der Waals surface area contributed by atoms with Gasteiger partial charge in [-0.25, -0.2) is 8.42 Å². The first-order valence-corrected chi connectivity index (χ1v) is 10.0. The zero-order valence-electron chi connectivity index (χ0n) is 15.0. The number of hydrogen-bond acceptors (Lipinski definition) is 5. The maximum Gasteiger partial charge on any atom is 0.267 e. The molecule has 1 aromatic heterocycles. The Hall–Kier alpha value is -1.42. The van der Waals surface area contributed by atoms with Crippen molar-refractivity contribution in [3.63, 3.8) is 0 Å². The summed E-state index contributed by atoms with van der Waals surface area (Å²) >= 11 is 0. The third kappa shape index (κ3) is 5.27. The van der Waals surface area contributed by atoms with Gasteiger partial charge >= 0.3 is 0 Å². The molecule has 142 valence electrons. The molecule has 0 aliphatic carbocycles. The lowest BCUT2D eigenvalue weighted by molar-refractivity contribution is 0.0945. The van der Waals surface area contributed by atoms with E-state index in [9.17, 15) is 13.2 Å². The van der Waals surface area contributed by atoms with Gasteiger partial charge in [-0.05, 0) is 18.9 Å². The molecule has 8 nitrogen and oxygen atoms in total. The van der Waals surface area contributed by atoms with E-state index >= 15 is 0 Å². The standard InChI is InChI=1S/C16H28N4O4S/c1-19-13-14(25(22,23)20-9-4-3-5-10-20)12-15(19)16(21)18-7-6-17-8-11-24-2/h12-13,17H,3-11H2,1-2H3,(H,18,21). The Morgan fingerprint density at radius 1 is 1.20 bits per heavy atom. The van der Waals surface area contributed by atoms with Crippen LogP contribution in [0.3, 0.4) is 0 Å². The van der Waals surface area contributed by atoms with E-state index in [4.69, 9.17) is 4.74 Å². The van der Waals surface area contributed by atoms with Crippen molar-refractivity contribution in [2.75, 3.05) is 46.4 Å². The molecule has 1 fully saturated rings. The highest BCUT2D eigenvalue weighted by Gasteiger charge is 2.28. The molecule has 0 unspecified atom stereocenters. The quantitative estimate of drug-likeness (QED) is 0.603. The van der Waals surface area contributed by atoms with Gasteiger partial charge in [-0.15, -0.1) is 0 Å². The van der Waals surface area contributed by atoms with E-state index in [1.54, 1.807) is 18.7 Å². The van der Waals surface area contributed by atoms with E-state index in [-0.39, 0.29) is 10.8 Å². The molecule has 1 aliphatic heterocycles. The van der Waals surface area contributed by atoms with Crippen LogP contribution in [0.5, 0.6) is 0 Å². The molecular formula is C16H28N4O4S. The van der Waals surface area contributed by atoms with Gasteiger partial charge in [0, 0.05) is 53.1 Å². The summed E-state index contributed by atoms with van der Waals surface area (Å²) in [5.41, 5.74) is 0.340. The minimum absolute atomic E-state index is 0.181. The number of ether oxygens (including phenoxy) is 1. The number of aromatic nitrogens is 1. The molecule has 2 heterocycles. The van der Waals surface area contributed by atoms with Crippen molar-refractivity contribution in [3.8, 4) is 0 Å². The average molecular weight is 372 g/mol. The number of methoxy groups -OCH3 is 1. The largest absolute Gasteiger partial charge is 0.383 e. The van der Waals surface area contributed by atoms with Crippen molar-refractivity contribution in [3.05, 3.63) is 18.0 Å². The van der Waals surface area contributed by atoms with Crippen molar-refractivity contribution in [2.45, 2.75) is 24.2 Å². The van der Waals surface area contributed by atoms with Gasteiger partial charge in [-0.3, -0.25) is 4.79 Å². The van der Waals surface area contributed by atoms with Crippen molar-refractivity contribution in [1.29, 1.82) is 0 Å². The monoisotopic (exact) mass is 372 g/mol. The van der Waals surface area contributed by atoms with Crippen LogP contribution < -0.4 is 10.6 Å². The number of hydrogen-bond donors (Lipinski definition) is 2. The zero-order valence-corrected chi connectivity index (χ0v) is 15.8. The molecule has 0 radical (unpaired) electrons. The van der Waals surface area contributed by atoms with Gasteiger partial charge in [0.25, 0.3) is 5.91 Å². The number of carbonyl (C=O) groups is 1. The fourth-order valence-corrected chi connectivity index (χ4v) is 4.40. The summed E-state index contributed by atoms with van der Waals surface area (Å²) in [6.07, 6.45) is 4.34. The van der Waals surface area contributed by atoms with E-state index in [2.05, 4.69) is 10.6 Å². The fraction of sp³-hybridized carbons (Fsp3) is 0.688. The zero-order chi connectivity index (χ0) is 18.3. The third-order valence-electron chi connectivity index (χ3n) is 4.24. The smallest absolute Gasteiger partial charge is 0.267 e. The molecule has 2 N–H and O–H groups in total. The van der Waals surface area contributed by atoms with Gasteiger partial charge in [-0.1, -0.05) is 6.42 Å². The predicted molar refractivity (Wildman–Crippen MR) is 95.1 cm³/mol. The lowest BCUT2D eigenvalue weighted by Gasteiger charge is -2.25. The van der Waals surface area contributed by atoms with E-state index in [0.717, 1.165) is 25.8 Å². The highest BCUT2D eigenvalue weighted by Crippen LogP contribution is 2.22. The van der Waals surface area contributed by atoms with E-state index in [1.165, 1.54) is 16.6 Å². The van der Waals surface area contributed by atoms with Gasteiger partial charge in [0.15, 0.2) is 0 Å². The number of carbonyl (C=O) groups excluding carboxylic acids is 1. The van der Waals surface area contributed by atoms with Gasteiger partial charge in [0.1, 0.15) is 10.6 Å². The Balaban J connectivity index is 1.95. The lowest BCUT2D eigenvalue weighted by atomic mass is 10.2. The normalized spacial score (nSPS) is 16.1. The summed E-state index contributed by atoms with van der Waals surface area (Å²) in [5.74, 6) is -0.281. The number of aryl methyl sites for hydroxylation is 1. The van der Waals surface area contributed by atoms with Crippen LogP contribution >= 0.6 is 0 Å². The maximum atomic E-state index is 12.7. The van der Waals surface area contributed by atoms with Crippen LogP contribution in [-0.2, 0) is 21.8 Å². The molecule has 0 bridgehead atoms. The van der Waals surface area contributed by atoms with E-state index in [0.29, 0.717) is 38.5 Å². The van der Waals surface area contributed by atoms with E-state index in [1.807, 2.05) is 0 Å². The molecule has 1 aromatic rings. The molecule has 9 heteroatoms. The van der Waals surface area contributed by atoms with Crippen LogP contribution in [0.25, 0.3) is 0 Å². The first-order chi connectivity index (χ1) is 12.0. The Morgan fingerprint density at radius 2 is 1.92 bits per heavy atom. The summed E-state index contributed by atoms with van der Waals surface area (Å²) in [4.78, 5) is 12.5. The fourth-order valence-electron chi connectivity index (χ4n) is 2.81. The molecule has 0 aromatic carbocycles. The lowest BCUT2D eigenvalue weighted by Crippen LogP contribution is -2.35. The second-order valence-corrected chi connectivity index (χ2v) is 8.07. The average Bonchev–Trinajstić information content (AvgIpc) is 3.01. The molecule has 1 saturated heterocycles. The van der Waals surface area contributed by atoms with Crippen LogP contribution in [0.4, 0.5) is 0 Å². The van der Waals surface area contributed by atoms with Crippen molar-refractivity contribution in [2.24, 2.45) is 7.05 Å². The minimum atomic E-state index is -3.53. The molecular weight excluding hydrogens is 344 g/mol. The van der Waals surface area contributed by atoms with Gasteiger partial charge in [0.2, 0.25) is 10.0 Å². The topological polar surface area (TPSA) is 92.7 Å². The summed E-state index contributed by atoms with van der Waals surface area (Å²) in [7, 11) is -0.212. The third-order valence-corrected chi connectivity index (χ3v) is 6.10. The highest BCUT2D eigenvalue weighted by atomic mass is 32.2. The van der Waals surface area contributed by atoms with Crippen molar-refractivity contribution >= 4 is 15.9 Å². The van der Waals surface area contributed by atoms with E-state index < -0.39 is 10.0 Å². The number of amides is 1. The van der Waals surface area contributed by atoms with Crippen LogP contribution in [-0.4, -0.2) is 69.6 Å². The molecule has 0 spiro atoms. The Morgan fingerprint density at radius 3 is 2.60 bits per heavy atom. The van der Waals surface area contributed by atoms with Crippen LogP contribution in [0.15, 0.2) is 17.2 Å². The van der Waals surface area contributed by atoms with Crippen molar-refractivity contribution < 1.29 is 17.9 Å². The molecule has 1 aliphatic rings. The molecule has 2 rings (SSSR count). The minimum Gasteiger partial charge on any atom is -0.383 e. The van der Waals surface area contributed by atoms with Crippen LogP contribution in [0, 0.1) is 0 Å². The first-order valence-electron chi connectivity index (χ1n) is 8.61.